The van der Waals surface area contributed by atoms with Crippen LogP contribution in [0.4, 0.5) is 0 Å². The molecule has 0 atom stereocenters. The van der Waals surface area contributed by atoms with Crippen molar-refractivity contribution in [3.63, 3.8) is 0 Å². The van der Waals surface area contributed by atoms with Crippen molar-refractivity contribution in [2.75, 3.05) is 6.61 Å². The van der Waals surface area contributed by atoms with E-state index in [1.807, 2.05) is 25.1 Å². The second-order valence-corrected chi connectivity index (χ2v) is 7.06. The van der Waals surface area contributed by atoms with Crippen molar-refractivity contribution in [1.82, 2.24) is 9.82 Å². The lowest BCUT2D eigenvalue weighted by Crippen LogP contribution is -2.19. The smallest absolute Gasteiger partial charge is 0.276 e. The molecule has 0 unspecified atom stereocenters. The molecule has 3 rings (SSSR count). The number of sulfonamides is 1. The summed E-state index contributed by atoms with van der Waals surface area (Å²) in [6.07, 6.45) is 1.18. The minimum absolute atomic E-state index is 0.0468. The fourth-order valence-corrected chi connectivity index (χ4v) is 3.15. The number of hydrogen-bond donors (Lipinski definition) is 2. The van der Waals surface area contributed by atoms with Crippen LogP contribution in [-0.4, -0.2) is 26.2 Å². The normalized spacial score (nSPS) is 11.7. The Hall–Kier alpha value is -3.13. The van der Waals surface area contributed by atoms with E-state index in [1.165, 1.54) is 18.3 Å². The Labute approximate surface area is 150 Å². The Bertz CT molecular complexity index is 1100. The number of ether oxygens (including phenoxy) is 1. The van der Waals surface area contributed by atoms with Gasteiger partial charge in [0.2, 0.25) is 0 Å². The van der Waals surface area contributed by atoms with Gasteiger partial charge >= 0.3 is 0 Å². The molecular weight excluding hydrogens is 354 g/mol. The van der Waals surface area contributed by atoms with Crippen LogP contribution < -0.4 is 15.1 Å². The maximum Gasteiger partial charge on any atom is 0.276 e. The van der Waals surface area contributed by atoms with Crippen LogP contribution in [0.25, 0.3) is 10.9 Å². The van der Waals surface area contributed by atoms with Crippen molar-refractivity contribution in [3.8, 4) is 5.75 Å². The second-order valence-electron chi connectivity index (χ2n) is 5.40. The number of hydrogen-bond acceptors (Lipinski definition) is 5. The molecular formula is C18H17N3O4S. The van der Waals surface area contributed by atoms with Crippen LogP contribution >= 0.6 is 0 Å². The van der Waals surface area contributed by atoms with Gasteiger partial charge in [0.1, 0.15) is 5.75 Å². The highest BCUT2D eigenvalue weighted by Gasteiger charge is 2.12. The van der Waals surface area contributed by atoms with Crippen LogP contribution in [0.2, 0.25) is 0 Å². The van der Waals surface area contributed by atoms with Crippen LogP contribution in [0.3, 0.4) is 0 Å². The number of fused-ring (bicyclic) bond motifs is 1. The number of rotatable bonds is 6. The van der Waals surface area contributed by atoms with Gasteiger partial charge in [-0.25, -0.2) is 4.83 Å². The van der Waals surface area contributed by atoms with Crippen molar-refractivity contribution in [1.29, 1.82) is 0 Å². The molecule has 1 aromatic heterocycles. The van der Waals surface area contributed by atoms with E-state index in [9.17, 15) is 13.2 Å². The molecule has 1 heterocycles. The van der Waals surface area contributed by atoms with E-state index in [-0.39, 0.29) is 16.0 Å². The van der Waals surface area contributed by atoms with Gasteiger partial charge in [-0.1, -0.05) is 18.2 Å². The van der Waals surface area contributed by atoms with E-state index in [4.69, 9.17) is 4.74 Å². The molecule has 2 aromatic carbocycles. The van der Waals surface area contributed by atoms with E-state index >= 15 is 0 Å². The molecule has 2 N–H and O–H groups in total. The topological polar surface area (TPSA) is 101 Å². The van der Waals surface area contributed by atoms with Gasteiger partial charge in [0.15, 0.2) is 0 Å². The lowest BCUT2D eigenvalue weighted by Gasteiger charge is -2.05. The minimum Gasteiger partial charge on any atom is -0.494 e. The van der Waals surface area contributed by atoms with Gasteiger partial charge < -0.3 is 9.72 Å². The van der Waals surface area contributed by atoms with Crippen molar-refractivity contribution in [2.24, 2.45) is 5.10 Å². The first-order chi connectivity index (χ1) is 12.5. The minimum atomic E-state index is -3.83. The molecule has 26 heavy (non-hydrogen) atoms. The zero-order valence-electron chi connectivity index (χ0n) is 14.0. The molecule has 7 nitrogen and oxygen atoms in total. The van der Waals surface area contributed by atoms with Crippen molar-refractivity contribution >= 4 is 27.1 Å². The van der Waals surface area contributed by atoms with Gasteiger partial charge in [0.25, 0.3) is 15.6 Å². The molecule has 0 spiro atoms. The Kier molecular flexibility index (Phi) is 5.04. The molecule has 0 saturated heterocycles. The summed E-state index contributed by atoms with van der Waals surface area (Å²) in [5.74, 6) is 0.581. The Morgan fingerprint density at radius 1 is 1.15 bits per heavy atom. The molecule has 0 aliphatic heterocycles. The summed E-state index contributed by atoms with van der Waals surface area (Å²) < 4.78 is 29.8. The van der Waals surface area contributed by atoms with Crippen LogP contribution in [-0.2, 0) is 10.0 Å². The Morgan fingerprint density at radius 3 is 2.62 bits per heavy atom. The fourth-order valence-electron chi connectivity index (χ4n) is 2.36. The Morgan fingerprint density at radius 2 is 1.88 bits per heavy atom. The SMILES string of the molecule is CCOc1ccc(S(=O)(=O)N/N=C/c2cc3ccccc3[nH]c2=O)cc1. The molecule has 8 heteroatoms. The fraction of sp³-hybridized carbons (Fsp3) is 0.111. The highest BCUT2D eigenvalue weighted by Crippen LogP contribution is 2.15. The van der Waals surface area contributed by atoms with E-state index in [0.29, 0.717) is 17.9 Å². The molecule has 0 aliphatic carbocycles. The lowest BCUT2D eigenvalue weighted by atomic mass is 10.2. The number of aromatic nitrogens is 1. The van der Waals surface area contributed by atoms with Gasteiger partial charge in [-0.15, -0.1) is 0 Å². The summed E-state index contributed by atoms with van der Waals surface area (Å²) in [6.45, 7) is 2.34. The first kappa shape index (κ1) is 17.7. The highest BCUT2D eigenvalue weighted by atomic mass is 32.2. The molecule has 0 aliphatic rings. The largest absolute Gasteiger partial charge is 0.494 e. The third kappa shape index (κ3) is 3.92. The van der Waals surface area contributed by atoms with E-state index in [1.54, 1.807) is 24.3 Å². The zero-order chi connectivity index (χ0) is 18.6. The predicted octanol–water partition coefficient (Wildman–Crippen LogP) is 2.24. The number of nitrogens with one attached hydrogen (secondary N) is 2. The number of pyridine rings is 1. The van der Waals surface area contributed by atoms with E-state index < -0.39 is 10.0 Å². The van der Waals surface area contributed by atoms with Gasteiger partial charge in [-0.3, -0.25) is 4.79 Å². The summed E-state index contributed by atoms with van der Waals surface area (Å²) in [6, 6.07) is 14.9. The molecule has 0 fully saturated rings. The third-order valence-electron chi connectivity index (χ3n) is 3.60. The predicted molar refractivity (Wildman–Crippen MR) is 100 cm³/mol. The molecule has 0 saturated carbocycles. The van der Waals surface area contributed by atoms with Gasteiger partial charge in [-0.05, 0) is 48.7 Å². The average Bonchev–Trinajstić information content (AvgIpc) is 2.63. The summed E-state index contributed by atoms with van der Waals surface area (Å²) in [5.41, 5.74) is 0.593. The van der Waals surface area contributed by atoms with Gasteiger partial charge in [-0.2, -0.15) is 13.5 Å². The number of para-hydroxylation sites is 1. The van der Waals surface area contributed by atoms with E-state index in [2.05, 4.69) is 14.9 Å². The first-order valence-electron chi connectivity index (χ1n) is 7.89. The first-order valence-corrected chi connectivity index (χ1v) is 9.38. The molecule has 3 aromatic rings. The van der Waals surface area contributed by atoms with Crippen LogP contribution in [0.1, 0.15) is 12.5 Å². The number of benzene rings is 2. The third-order valence-corrected chi connectivity index (χ3v) is 4.84. The second kappa shape index (κ2) is 7.40. The summed E-state index contributed by atoms with van der Waals surface area (Å²) >= 11 is 0. The lowest BCUT2D eigenvalue weighted by molar-refractivity contribution is 0.340. The number of hydrazone groups is 1. The maximum absolute atomic E-state index is 12.2. The number of H-pyrrole nitrogens is 1. The summed E-state index contributed by atoms with van der Waals surface area (Å²) in [5, 5.41) is 4.52. The van der Waals surface area contributed by atoms with Crippen LogP contribution in [0.15, 0.2) is 69.4 Å². The van der Waals surface area contributed by atoms with Crippen molar-refractivity contribution in [2.45, 2.75) is 11.8 Å². The number of nitrogens with zero attached hydrogens (tertiary/aromatic N) is 1. The van der Waals surface area contributed by atoms with Gasteiger partial charge in [0.05, 0.1) is 23.3 Å². The standard InChI is InChI=1S/C18H17N3O4S/c1-2-25-15-7-9-16(10-8-15)26(23,24)21-19-12-14-11-13-5-3-4-6-17(13)20-18(14)22/h3-12,21H,2H2,1H3,(H,20,22)/b19-12+. The van der Waals surface area contributed by atoms with E-state index in [0.717, 1.165) is 5.39 Å². The Balaban J connectivity index is 1.79. The molecule has 134 valence electrons. The van der Waals surface area contributed by atoms with Crippen molar-refractivity contribution < 1.29 is 13.2 Å². The highest BCUT2D eigenvalue weighted by molar-refractivity contribution is 7.89. The quantitative estimate of drug-likeness (QED) is 0.512. The molecule has 0 radical (unpaired) electrons. The van der Waals surface area contributed by atoms with Gasteiger partial charge in [0, 0.05) is 5.52 Å². The maximum atomic E-state index is 12.2. The van der Waals surface area contributed by atoms with Crippen LogP contribution in [0, 0.1) is 0 Å². The van der Waals surface area contributed by atoms with Crippen molar-refractivity contribution in [3.05, 3.63) is 70.5 Å². The monoisotopic (exact) mass is 371 g/mol. The summed E-state index contributed by atoms with van der Waals surface area (Å²) in [4.78, 5) is 16.9. The molecule has 0 bridgehead atoms. The average molecular weight is 371 g/mol. The zero-order valence-corrected chi connectivity index (χ0v) is 14.8. The molecule has 0 amide bonds. The number of aromatic amines is 1. The summed E-state index contributed by atoms with van der Waals surface area (Å²) in [7, 11) is -3.83. The van der Waals surface area contributed by atoms with Crippen LogP contribution in [0.5, 0.6) is 5.75 Å².